The number of hydrogen-bond donors (Lipinski definition) is 18. The Bertz CT molecular complexity index is 2900. The Morgan fingerprint density at radius 3 is 1.72 bits per heavy atom. The molecule has 0 unspecified atom stereocenters. The minimum Gasteiger partial charge on any atom is -0.432 e. The van der Waals surface area contributed by atoms with E-state index >= 15 is 4.79 Å². The van der Waals surface area contributed by atoms with Crippen LogP contribution in [0.1, 0.15) is 120 Å². The van der Waals surface area contributed by atoms with Crippen LogP contribution >= 0.6 is 0 Å². The molecule has 0 aromatic heterocycles. The maximum atomic E-state index is 16.1. The molecule has 0 bridgehead atoms. The fourth-order valence-corrected chi connectivity index (χ4v) is 19.8. The van der Waals surface area contributed by atoms with Crippen LogP contribution in [-0.4, -0.2) is 334 Å². The van der Waals surface area contributed by atoms with Crippen LogP contribution in [0.4, 0.5) is 0 Å². The summed E-state index contributed by atoms with van der Waals surface area (Å²) in [5.74, 6) is -1.21. The van der Waals surface area contributed by atoms with Crippen molar-refractivity contribution in [3.63, 3.8) is 0 Å². The Kier molecular flexibility index (Phi) is 22.6. The van der Waals surface area contributed by atoms with E-state index in [4.69, 9.17) is 66.3 Å². The molecular formula is C68H110O33. The summed E-state index contributed by atoms with van der Waals surface area (Å²) in [6, 6.07) is 0. The lowest BCUT2D eigenvalue weighted by Crippen LogP contribution is -2.68. The molecule has 11 fully saturated rings. The third kappa shape index (κ3) is 13.7. The molecule has 580 valence electrons. The van der Waals surface area contributed by atoms with Gasteiger partial charge in [0.2, 0.25) is 6.29 Å². The van der Waals surface area contributed by atoms with E-state index in [0.29, 0.717) is 44.9 Å². The highest BCUT2D eigenvalue weighted by atomic mass is 16.8. The van der Waals surface area contributed by atoms with Gasteiger partial charge in [0, 0.05) is 0 Å². The van der Waals surface area contributed by atoms with E-state index < -0.39 is 268 Å². The van der Waals surface area contributed by atoms with Gasteiger partial charge in [-0.15, -0.1) is 0 Å². The number of aliphatic hydroxyl groups excluding tert-OH is 17. The summed E-state index contributed by atoms with van der Waals surface area (Å²) in [5.41, 5.74) is -4.93. The van der Waals surface area contributed by atoms with Crippen LogP contribution in [-0.2, 0) is 71.1 Å². The predicted octanol–water partition coefficient (Wildman–Crippen LogP) is -4.98. The topological polar surface area (TPSA) is 510 Å². The molecule has 0 aromatic carbocycles. The van der Waals surface area contributed by atoms with Crippen molar-refractivity contribution >= 4 is 5.97 Å². The second-order valence-corrected chi connectivity index (χ2v) is 33.2. The molecule has 0 radical (unpaired) electrons. The van der Waals surface area contributed by atoms with Crippen LogP contribution in [0.5, 0.6) is 0 Å². The van der Waals surface area contributed by atoms with Crippen molar-refractivity contribution in [3.05, 3.63) is 11.6 Å². The minimum absolute atomic E-state index is 0.0306. The summed E-state index contributed by atoms with van der Waals surface area (Å²) in [7, 11) is 0. The van der Waals surface area contributed by atoms with Crippen LogP contribution in [0.15, 0.2) is 11.6 Å². The third-order valence-corrected chi connectivity index (χ3v) is 26.2. The molecule has 12 aliphatic rings. The summed E-state index contributed by atoms with van der Waals surface area (Å²) in [6.45, 7) is 14.5. The number of rotatable bonds is 16. The van der Waals surface area contributed by atoms with Crippen LogP contribution in [0.2, 0.25) is 0 Å². The van der Waals surface area contributed by atoms with Crippen molar-refractivity contribution in [1.29, 1.82) is 0 Å². The van der Waals surface area contributed by atoms with E-state index in [2.05, 4.69) is 40.7 Å². The zero-order valence-electron chi connectivity index (χ0n) is 58.5. The molecule has 0 aromatic rings. The summed E-state index contributed by atoms with van der Waals surface area (Å²) >= 11 is 0. The molecule has 7 saturated heterocycles. The van der Waals surface area contributed by atoms with Gasteiger partial charge in [0.25, 0.3) is 0 Å². The molecule has 5 aliphatic carbocycles. The maximum absolute atomic E-state index is 16.1. The van der Waals surface area contributed by atoms with Crippen LogP contribution in [0.3, 0.4) is 0 Å². The molecule has 39 atom stereocenters. The summed E-state index contributed by atoms with van der Waals surface area (Å²) < 4.78 is 85.1. The summed E-state index contributed by atoms with van der Waals surface area (Å²) in [6.07, 6.45) is -43.8. The maximum Gasteiger partial charge on any atom is 0.315 e. The van der Waals surface area contributed by atoms with Gasteiger partial charge in [-0.1, -0.05) is 60.1 Å². The van der Waals surface area contributed by atoms with Crippen LogP contribution < -0.4 is 0 Å². The molecule has 18 N–H and O–H groups in total. The average molecular weight is 1460 g/mol. The predicted molar refractivity (Wildman–Crippen MR) is 335 cm³/mol. The van der Waals surface area contributed by atoms with Gasteiger partial charge in [0.05, 0.1) is 69.5 Å². The largest absolute Gasteiger partial charge is 0.432 e. The molecule has 12 rings (SSSR count). The number of fused-ring (bicyclic) bond motifs is 7. The number of carbonyl (C=O) groups excluding carboxylic acids is 1. The number of allylic oxidation sites excluding steroid dienone is 2. The summed E-state index contributed by atoms with van der Waals surface area (Å²) in [5, 5.41) is 198. The zero-order valence-corrected chi connectivity index (χ0v) is 58.5. The number of ether oxygens (including phenoxy) is 14. The molecule has 0 spiro atoms. The van der Waals surface area contributed by atoms with Crippen molar-refractivity contribution in [2.75, 3.05) is 39.6 Å². The SMILES string of the molecule is C[C@@H]1O[C@@H](O[C@@H]2[C@@H](O[C@@H]3O[C@@H](C)[C@H](O[C@@H]4OC[C@@H](O)[C@H](O)[C@H]4O)[C@@H](O[C@@H]4OC[C@](O)(CO)[C@H]4O)[C@H]3O)[C@H](OC(=O)[C@]34CCC(C)(C)C[C@H]3C3=CC[C@@H]5[C@@]6(C)C[C@H](O)[C@H](O[C@@H]7O[C@H](CO[C@@H]8OC[C@H](O)[C@H](O)[C@H]8O)[C@@H](O)[C@H](O)[C@H]7O)C(C)(C)[C@@H]6CC[C@@]5(C)[C@]3(C)CC4)OC[C@H]2O)[C@H](O)[C@H](O)[C@H]1O. The lowest BCUT2D eigenvalue weighted by molar-refractivity contribution is -0.392. The van der Waals surface area contributed by atoms with E-state index in [-0.39, 0.29) is 30.3 Å². The standard InChI is InChI=1S/C68H110O33/c1-26-37(74)41(78)45(82)56(93-26)97-49-33(73)22-90-59(51(49)99-58-47(84)50(98-60-52(85)68(87,24-69)25-92-60)48(27(2)94-58)96-55-44(81)39(76)32(72)21-89-55)101-61(86)67-16-14-62(3,4)18-29(67)28-10-11-36-64(7)19-30(70)53(63(5,6)35(64)12-13-66(36,9)65(28,8)15-17-67)100-57-46(83)42(79)40(77)34(95-57)23-91-54-43(80)38(75)31(71)20-88-54/h10,26-27,29-60,69-85,87H,11-25H2,1-9H3/t26-,27-,29-,30-,31-,32+,33+,34+,35-,36+,37-,38-,39-,40+,41+,42-,43+,44+,45+,46+,47+,48-,49-,50-,51+,52-,53-,54-,55-,56-,57-,58-,59-,60-,64-,65+,66+,67-,68+/m0/s1. The molecule has 0 amide bonds. The number of hydrogen-bond acceptors (Lipinski definition) is 33. The smallest absolute Gasteiger partial charge is 0.315 e. The van der Waals surface area contributed by atoms with Gasteiger partial charge >= 0.3 is 5.97 Å². The lowest BCUT2D eigenvalue weighted by Gasteiger charge is -2.71. The molecule has 33 heteroatoms. The quantitative estimate of drug-likeness (QED) is 0.0391. The Hall–Kier alpha value is -2.03. The molecule has 4 saturated carbocycles. The van der Waals surface area contributed by atoms with E-state index in [9.17, 15) is 91.9 Å². The molecule has 33 nitrogen and oxygen atoms in total. The Labute approximate surface area is 584 Å². The summed E-state index contributed by atoms with van der Waals surface area (Å²) in [4.78, 5) is 16.1. The van der Waals surface area contributed by atoms with Crippen molar-refractivity contribution in [2.24, 2.45) is 50.2 Å². The van der Waals surface area contributed by atoms with Gasteiger partial charge in [0.15, 0.2) is 43.8 Å². The van der Waals surface area contributed by atoms with Gasteiger partial charge in [-0.05, 0) is 116 Å². The van der Waals surface area contributed by atoms with Crippen molar-refractivity contribution in [1.82, 2.24) is 0 Å². The van der Waals surface area contributed by atoms with Gasteiger partial charge < -0.3 is 158 Å². The van der Waals surface area contributed by atoms with Crippen LogP contribution in [0, 0.1) is 50.2 Å². The fourth-order valence-electron chi connectivity index (χ4n) is 19.8. The normalized spacial score (nSPS) is 55.1. The highest BCUT2D eigenvalue weighted by Gasteiger charge is 2.72. The Morgan fingerprint density at radius 2 is 1.06 bits per heavy atom. The van der Waals surface area contributed by atoms with Crippen molar-refractivity contribution < 1.29 is 163 Å². The Morgan fingerprint density at radius 1 is 0.505 bits per heavy atom. The fraction of sp³-hybridized carbons (Fsp3) is 0.956. The van der Waals surface area contributed by atoms with Gasteiger partial charge in [-0.2, -0.15) is 0 Å². The number of esters is 1. The van der Waals surface area contributed by atoms with E-state index in [1.165, 1.54) is 13.8 Å². The highest BCUT2D eigenvalue weighted by Crippen LogP contribution is 2.76. The first-order valence-electron chi connectivity index (χ1n) is 35.7. The number of carbonyl (C=O) groups is 1. The van der Waals surface area contributed by atoms with E-state index in [1.54, 1.807) is 0 Å². The molecule has 101 heavy (non-hydrogen) atoms. The highest BCUT2D eigenvalue weighted by molar-refractivity contribution is 5.79. The third-order valence-electron chi connectivity index (χ3n) is 26.2. The monoisotopic (exact) mass is 1450 g/mol. The van der Waals surface area contributed by atoms with Crippen LogP contribution in [0.25, 0.3) is 0 Å². The first-order valence-corrected chi connectivity index (χ1v) is 35.7. The molecule has 7 aliphatic heterocycles. The van der Waals surface area contributed by atoms with Crippen molar-refractivity contribution in [3.8, 4) is 0 Å². The Balaban J connectivity index is 0.811. The second kappa shape index (κ2) is 29.1. The zero-order chi connectivity index (χ0) is 73.5. The second-order valence-electron chi connectivity index (χ2n) is 33.2. The molecule has 7 heterocycles. The van der Waals surface area contributed by atoms with E-state index in [0.717, 1.165) is 12.0 Å². The van der Waals surface area contributed by atoms with Gasteiger partial charge in [0.1, 0.15) is 122 Å². The number of aliphatic hydroxyl groups is 18. The lowest BCUT2D eigenvalue weighted by atomic mass is 9.33. The van der Waals surface area contributed by atoms with Crippen molar-refractivity contribution in [2.45, 2.75) is 316 Å². The first kappa shape index (κ1) is 78.5. The van der Waals surface area contributed by atoms with E-state index in [1.807, 2.05) is 13.8 Å². The van der Waals surface area contributed by atoms with Gasteiger partial charge in [-0.3, -0.25) is 4.79 Å². The first-order chi connectivity index (χ1) is 47.3. The minimum atomic E-state index is -2.23. The van der Waals surface area contributed by atoms with Gasteiger partial charge in [-0.25, -0.2) is 0 Å². The average Bonchev–Trinajstić information content (AvgIpc) is 1.00. The molecular weight excluding hydrogens is 1340 g/mol.